The second-order valence-corrected chi connectivity index (χ2v) is 10.3. The number of alkyl halides is 1. The molecule has 2 heterocycles. The van der Waals surface area contributed by atoms with Crippen molar-refractivity contribution in [3.05, 3.63) is 65.1 Å². The molecule has 1 aliphatic heterocycles. The van der Waals surface area contributed by atoms with Gasteiger partial charge in [-0.3, -0.25) is 9.88 Å². The molecule has 1 N–H and O–H groups in total. The standard InChI is InChI=1S/C30H33F4N3O2/c1-36(2)27-18-35-26-7-6-21(39-3)17-22(26)28(27)23(31)8-9-30(19-38)10-13-37(14-11-30)12-4-5-20-15-24(32)29(34)25(33)16-20/h6-7,15-18,23,38H,8-14,19H2,1-3H3/t23-/m1/s1. The van der Waals surface area contributed by atoms with Crippen LogP contribution in [0.3, 0.4) is 0 Å². The minimum atomic E-state index is -1.51. The van der Waals surface area contributed by atoms with Gasteiger partial charge in [-0.2, -0.15) is 0 Å². The lowest BCUT2D eigenvalue weighted by atomic mass is 9.74. The molecule has 0 saturated carbocycles. The van der Waals surface area contributed by atoms with Crippen molar-refractivity contribution >= 4 is 16.6 Å². The van der Waals surface area contributed by atoms with Gasteiger partial charge in [-0.1, -0.05) is 11.8 Å². The molecule has 1 saturated heterocycles. The number of piperidine rings is 1. The van der Waals surface area contributed by atoms with Gasteiger partial charge >= 0.3 is 0 Å². The molecule has 4 rings (SSSR count). The summed E-state index contributed by atoms with van der Waals surface area (Å²) in [6, 6.07) is 7.18. The fraction of sp³-hybridized carbons (Fsp3) is 0.433. The van der Waals surface area contributed by atoms with E-state index in [2.05, 4.69) is 21.7 Å². The number of aliphatic hydroxyl groups is 1. The molecule has 208 valence electrons. The molecule has 0 radical (unpaired) electrons. The van der Waals surface area contributed by atoms with Crippen molar-refractivity contribution in [3.63, 3.8) is 0 Å². The second-order valence-electron chi connectivity index (χ2n) is 10.3. The summed E-state index contributed by atoms with van der Waals surface area (Å²) in [5.74, 6) is 2.14. The molecule has 0 unspecified atom stereocenters. The summed E-state index contributed by atoms with van der Waals surface area (Å²) < 4.78 is 61.3. The fourth-order valence-corrected chi connectivity index (χ4v) is 5.13. The Morgan fingerprint density at radius 3 is 2.44 bits per heavy atom. The van der Waals surface area contributed by atoms with Crippen LogP contribution in [0, 0.1) is 34.7 Å². The number of benzene rings is 2. The highest BCUT2D eigenvalue weighted by Crippen LogP contribution is 2.42. The third kappa shape index (κ3) is 6.45. The predicted molar refractivity (Wildman–Crippen MR) is 144 cm³/mol. The molecule has 9 heteroatoms. The fourth-order valence-electron chi connectivity index (χ4n) is 5.13. The second kappa shape index (κ2) is 12.2. The first-order chi connectivity index (χ1) is 18.7. The average Bonchev–Trinajstić information content (AvgIpc) is 2.94. The Bertz CT molecular complexity index is 1350. The smallest absolute Gasteiger partial charge is 0.194 e. The summed E-state index contributed by atoms with van der Waals surface area (Å²) in [7, 11) is 5.29. The third-order valence-corrected chi connectivity index (χ3v) is 7.59. The van der Waals surface area contributed by atoms with Gasteiger partial charge in [0.2, 0.25) is 0 Å². The molecule has 0 bridgehead atoms. The first-order valence-corrected chi connectivity index (χ1v) is 12.9. The summed E-state index contributed by atoms with van der Waals surface area (Å²) in [6.07, 6.45) is 2.53. The van der Waals surface area contributed by atoms with Crippen molar-refractivity contribution in [3.8, 4) is 17.6 Å². The number of anilines is 1. The van der Waals surface area contributed by atoms with E-state index in [4.69, 9.17) is 4.74 Å². The number of methoxy groups -OCH3 is 1. The molecule has 1 aromatic heterocycles. The molecule has 0 spiro atoms. The topological polar surface area (TPSA) is 48.8 Å². The molecular formula is C30H33F4N3O2. The van der Waals surface area contributed by atoms with E-state index in [-0.39, 0.29) is 18.6 Å². The van der Waals surface area contributed by atoms with Gasteiger partial charge in [0.05, 0.1) is 31.1 Å². The number of aromatic nitrogens is 1. The van der Waals surface area contributed by atoms with E-state index >= 15 is 4.39 Å². The molecule has 1 aliphatic rings. The summed E-state index contributed by atoms with van der Waals surface area (Å²) in [4.78, 5) is 8.42. The van der Waals surface area contributed by atoms with Crippen molar-refractivity contribution in [1.82, 2.24) is 9.88 Å². The molecule has 5 nitrogen and oxygen atoms in total. The Hall–Kier alpha value is -3.35. The first-order valence-electron chi connectivity index (χ1n) is 12.9. The van der Waals surface area contributed by atoms with Crippen molar-refractivity contribution in [2.24, 2.45) is 5.41 Å². The van der Waals surface area contributed by atoms with Crippen LogP contribution in [0.2, 0.25) is 0 Å². The number of halogens is 4. The lowest BCUT2D eigenvalue weighted by molar-refractivity contribution is 0.0345. The summed E-state index contributed by atoms with van der Waals surface area (Å²) in [6.45, 7) is 1.62. The maximum absolute atomic E-state index is 16.0. The molecule has 0 aliphatic carbocycles. The number of ether oxygens (including phenoxy) is 1. The maximum Gasteiger partial charge on any atom is 0.194 e. The highest BCUT2D eigenvalue weighted by atomic mass is 19.2. The number of rotatable bonds is 8. The summed E-state index contributed by atoms with van der Waals surface area (Å²) in [5.41, 5.74) is 1.63. The first kappa shape index (κ1) is 28.7. The molecular weight excluding hydrogens is 510 g/mol. The van der Waals surface area contributed by atoms with Gasteiger partial charge < -0.3 is 14.7 Å². The van der Waals surface area contributed by atoms with E-state index in [9.17, 15) is 18.3 Å². The highest BCUT2D eigenvalue weighted by Gasteiger charge is 2.35. The monoisotopic (exact) mass is 543 g/mol. The molecule has 1 atom stereocenters. The Morgan fingerprint density at radius 1 is 1.13 bits per heavy atom. The van der Waals surface area contributed by atoms with Crippen LogP contribution < -0.4 is 9.64 Å². The number of pyridine rings is 1. The normalized spacial score (nSPS) is 16.0. The number of nitrogens with zero attached hydrogens (tertiary/aromatic N) is 3. The maximum atomic E-state index is 16.0. The van der Waals surface area contributed by atoms with Gasteiger partial charge in [0.25, 0.3) is 0 Å². The SMILES string of the molecule is COc1ccc2ncc(N(C)C)c([C@H](F)CCC3(CO)CCN(CC#Cc4cc(F)c(F)c(F)c4)CC3)c2c1. The van der Waals surface area contributed by atoms with Gasteiger partial charge in [-0.15, -0.1) is 0 Å². The minimum Gasteiger partial charge on any atom is -0.497 e. The van der Waals surface area contributed by atoms with Crippen LogP contribution in [0.5, 0.6) is 5.75 Å². The zero-order chi connectivity index (χ0) is 28.2. The van der Waals surface area contributed by atoms with Crippen molar-refractivity contribution in [1.29, 1.82) is 0 Å². The Balaban J connectivity index is 1.42. The van der Waals surface area contributed by atoms with Crippen LogP contribution in [0.15, 0.2) is 36.5 Å². The number of hydrogen-bond donors (Lipinski definition) is 1. The van der Waals surface area contributed by atoms with Crippen LogP contribution in [0.4, 0.5) is 23.2 Å². The van der Waals surface area contributed by atoms with Crippen LogP contribution in [-0.2, 0) is 0 Å². The van der Waals surface area contributed by atoms with Crippen LogP contribution in [0.25, 0.3) is 10.9 Å². The van der Waals surface area contributed by atoms with E-state index in [1.165, 1.54) is 0 Å². The van der Waals surface area contributed by atoms with E-state index < -0.39 is 29.0 Å². The average molecular weight is 544 g/mol. The molecule has 3 aromatic rings. The van der Waals surface area contributed by atoms with Crippen molar-refractivity contribution in [2.75, 3.05) is 52.3 Å². The highest BCUT2D eigenvalue weighted by molar-refractivity contribution is 5.88. The van der Waals surface area contributed by atoms with Gasteiger partial charge in [0.15, 0.2) is 17.5 Å². The Kier molecular flexibility index (Phi) is 8.98. The van der Waals surface area contributed by atoms with E-state index in [0.29, 0.717) is 66.8 Å². The zero-order valence-corrected chi connectivity index (χ0v) is 22.4. The number of likely N-dealkylation sites (tertiary alicyclic amines) is 1. The molecule has 0 amide bonds. The molecule has 2 aromatic carbocycles. The molecule has 39 heavy (non-hydrogen) atoms. The van der Waals surface area contributed by atoms with Gasteiger partial charge in [-0.25, -0.2) is 17.6 Å². The van der Waals surface area contributed by atoms with Crippen molar-refractivity contribution < 1.29 is 27.4 Å². The quantitative estimate of drug-likeness (QED) is 0.226. The van der Waals surface area contributed by atoms with E-state index in [1.54, 1.807) is 19.4 Å². The number of aliphatic hydroxyl groups excluding tert-OH is 1. The van der Waals surface area contributed by atoms with Crippen LogP contribution >= 0.6 is 0 Å². The van der Waals surface area contributed by atoms with Gasteiger partial charge in [0.1, 0.15) is 11.9 Å². The summed E-state index contributed by atoms with van der Waals surface area (Å²) in [5, 5.41) is 11.0. The largest absolute Gasteiger partial charge is 0.497 e. The summed E-state index contributed by atoms with van der Waals surface area (Å²) >= 11 is 0. The zero-order valence-electron chi connectivity index (χ0n) is 22.4. The lowest BCUT2D eigenvalue weighted by Gasteiger charge is -2.40. The molecule has 1 fully saturated rings. The predicted octanol–water partition coefficient (Wildman–Crippen LogP) is 5.64. The van der Waals surface area contributed by atoms with Crippen LogP contribution in [0.1, 0.15) is 43.0 Å². The van der Waals surface area contributed by atoms with Gasteiger partial charge in [0, 0.05) is 37.2 Å². The Morgan fingerprint density at radius 2 is 1.82 bits per heavy atom. The lowest BCUT2D eigenvalue weighted by Crippen LogP contribution is -2.42. The van der Waals surface area contributed by atoms with E-state index in [1.807, 2.05) is 31.1 Å². The number of hydrogen-bond acceptors (Lipinski definition) is 5. The third-order valence-electron chi connectivity index (χ3n) is 7.59. The van der Waals surface area contributed by atoms with Crippen LogP contribution in [-0.4, -0.2) is 62.4 Å². The minimum absolute atomic E-state index is 0.0428. The Labute approximate surface area is 226 Å². The van der Waals surface area contributed by atoms with Crippen molar-refractivity contribution in [2.45, 2.75) is 31.9 Å². The van der Waals surface area contributed by atoms with Gasteiger partial charge in [-0.05, 0) is 74.5 Å². The van der Waals surface area contributed by atoms with E-state index in [0.717, 1.165) is 12.1 Å². The number of fused-ring (bicyclic) bond motifs is 1.